The molecule has 4 rings (SSSR count). The van der Waals surface area contributed by atoms with E-state index in [1.807, 2.05) is 0 Å². The average Bonchev–Trinajstić information content (AvgIpc) is 3.26. The van der Waals surface area contributed by atoms with Crippen molar-refractivity contribution in [3.8, 4) is 28.6 Å². The van der Waals surface area contributed by atoms with Crippen LogP contribution < -0.4 is 10.1 Å². The molecule has 31 heavy (non-hydrogen) atoms. The lowest BCUT2D eigenvalue weighted by Gasteiger charge is -2.15. The van der Waals surface area contributed by atoms with Gasteiger partial charge < -0.3 is 14.6 Å². The van der Waals surface area contributed by atoms with Gasteiger partial charge in [0.1, 0.15) is 5.82 Å². The van der Waals surface area contributed by atoms with Crippen LogP contribution >= 0.6 is 0 Å². The minimum atomic E-state index is -0.897. The number of amides is 1. The summed E-state index contributed by atoms with van der Waals surface area (Å²) in [7, 11) is 0. The van der Waals surface area contributed by atoms with Gasteiger partial charge in [-0.15, -0.1) is 0 Å². The van der Waals surface area contributed by atoms with Crippen LogP contribution in [0.15, 0.2) is 77.3 Å². The molecule has 0 aliphatic carbocycles. The van der Waals surface area contributed by atoms with Gasteiger partial charge in [-0.3, -0.25) is 4.79 Å². The van der Waals surface area contributed by atoms with E-state index in [1.54, 1.807) is 48.5 Å². The van der Waals surface area contributed by atoms with Crippen molar-refractivity contribution >= 4 is 11.6 Å². The third kappa shape index (κ3) is 4.75. The molecule has 156 valence electrons. The maximum Gasteiger partial charge on any atom is 0.265 e. The van der Waals surface area contributed by atoms with Gasteiger partial charge in [-0.25, -0.2) is 8.78 Å². The van der Waals surface area contributed by atoms with Crippen molar-refractivity contribution in [1.29, 1.82) is 0 Å². The van der Waals surface area contributed by atoms with Crippen LogP contribution in [0.4, 0.5) is 14.5 Å². The Hall–Kier alpha value is -4.07. The lowest BCUT2D eigenvalue weighted by Crippen LogP contribution is -2.30. The Morgan fingerprint density at radius 3 is 2.35 bits per heavy atom. The number of aromatic nitrogens is 2. The van der Waals surface area contributed by atoms with Crippen molar-refractivity contribution in [3.63, 3.8) is 0 Å². The van der Waals surface area contributed by atoms with E-state index in [1.165, 1.54) is 31.2 Å². The Kier molecular flexibility index (Phi) is 5.70. The standard InChI is InChI=1S/C23H17F2N3O3/c1-14(30-20-5-3-2-4-19(20)25)22(29)26-18-12-8-16(9-13-18)23-27-21(28-31-23)15-6-10-17(24)11-7-15/h2-14H,1H3,(H,26,29)/t14-/m0/s1. The normalized spacial score (nSPS) is 11.7. The molecule has 1 amide bonds. The maximum atomic E-state index is 13.7. The van der Waals surface area contributed by atoms with Crippen LogP contribution in [-0.4, -0.2) is 22.2 Å². The fourth-order valence-electron chi connectivity index (χ4n) is 2.78. The molecule has 0 aliphatic heterocycles. The Bertz CT molecular complexity index is 1190. The van der Waals surface area contributed by atoms with E-state index in [0.717, 1.165) is 0 Å². The lowest BCUT2D eigenvalue weighted by atomic mass is 10.2. The zero-order valence-corrected chi connectivity index (χ0v) is 16.4. The van der Waals surface area contributed by atoms with Crippen molar-refractivity contribution in [1.82, 2.24) is 10.1 Å². The number of nitrogens with zero attached hydrogens (tertiary/aromatic N) is 2. The fourth-order valence-corrected chi connectivity index (χ4v) is 2.78. The summed E-state index contributed by atoms with van der Waals surface area (Å²) in [6, 6.07) is 18.4. The number of para-hydroxylation sites is 1. The summed E-state index contributed by atoms with van der Waals surface area (Å²) in [4.78, 5) is 16.7. The molecule has 0 radical (unpaired) electrons. The second-order valence-corrected chi connectivity index (χ2v) is 6.69. The molecule has 1 heterocycles. The van der Waals surface area contributed by atoms with Gasteiger partial charge in [0, 0.05) is 16.8 Å². The Labute approximate surface area is 176 Å². The molecule has 1 atom stereocenters. The molecule has 0 bridgehead atoms. The lowest BCUT2D eigenvalue weighted by molar-refractivity contribution is -0.122. The minimum Gasteiger partial charge on any atom is -0.478 e. The molecule has 0 aliphatic rings. The number of hydrogen-bond donors (Lipinski definition) is 1. The zero-order valence-electron chi connectivity index (χ0n) is 16.4. The summed E-state index contributed by atoms with van der Waals surface area (Å²) < 4.78 is 37.4. The van der Waals surface area contributed by atoms with Crippen LogP contribution in [0.25, 0.3) is 22.8 Å². The minimum absolute atomic E-state index is 0.00819. The van der Waals surface area contributed by atoms with E-state index in [4.69, 9.17) is 9.26 Å². The summed E-state index contributed by atoms with van der Waals surface area (Å²) in [6.07, 6.45) is -0.897. The highest BCUT2D eigenvalue weighted by atomic mass is 19.1. The SMILES string of the molecule is C[C@H](Oc1ccccc1F)C(=O)Nc1ccc(-c2nc(-c3ccc(F)cc3)no2)cc1. The fraction of sp³-hybridized carbons (Fsp3) is 0.0870. The van der Waals surface area contributed by atoms with E-state index >= 15 is 0 Å². The molecule has 0 spiro atoms. The second kappa shape index (κ2) is 8.74. The van der Waals surface area contributed by atoms with Crippen molar-refractivity contribution in [2.24, 2.45) is 0 Å². The van der Waals surface area contributed by atoms with Gasteiger partial charge in [-0.1, -0.05) is 17.3 Å². The summed E-state index contributed by atoms with van der Waals surface area (Å²) >= 11 is 0. The van der Waals surface area contributed by atoms with Gasteiger partial charge in [0.15, 0.2) is 17.7 Å². The third-order valence-electron chi connectivity index (χ3n) is 4.44. The van der Waals surface area contributed by atoms with Gasteiger partial charge in [0.25, 0.3) is 11.8 Å². The van der Waals surface area contributed by atoms with E-state index in [2.05, 4.69) is 15.5 Å². The second-order valence-electron chi connectivity index (χ2n) is 6.69. The predicted octanol–water partition coefficient (Wildman–Crippen LogP) is 5.09. The van der Waals surface area contributed by atoms with Gasteiger partial charge in [-0.2, -0.15) is 4.98 Å². The van der Waals surface area contributed by atoms with Gasteiger partial charge >= 0.3 is 0 Å². The molecule has 6 nitrogen and oxygen atoms in total. The van der Waals surface area contributed by atoms with Crippen LogP contribution in [0.2, 0.25) is 0 Å². The molecule has 4 aromatic rings. The molecule has 3 aromatic carbocycles. The molecular formula is C23H17F2N3O3. The number of ether oxygens (including phenoxy) is 1. The van der Waals surface area contributed by atoms with Gasteiger partial charge in [0.2, 0.25) is 5.82 Å². The molecular weight excluding hydrogens is 404 g/mol. The Balaban J connectivity index is 1.41. The number of carbonyl (C=O) groups is 1. The smallest absolute Gasteiger partial charge is 0.265 e. The van der Waals surface area contributed by atoms with Crippen molar-refractivity contribution in [3.05, 3.63) is 84.4 Å². The first-order valence-corrected chi connectivity index (χ1v) is 9.42. The predicted molar refractivity (Wildman–Crippen MR) is 110 cm³/mol. The Morgan fingerprint density at radius 1 is 0.968 bits per heavy atom. The highest BCUT2D eigenvalue weighted by molar-refractivity contribution is 5.94. The number of rotatable bonds is 6. The number of anilines is 1. The van der Waals surface area contributed by atoms with E-state index in [9.17, 15) is 13.6 Å². The number of nitrogens with one attached hydrogen (secondary N) is 1. The van der Waals surface area contributed by atoms with E-state index < -0.39 is 17.8 Å². The molecule has 0 saturated heterocycles. The molecule has 1 aromatic heterocycles. The van der Waals surface area contributed by atoms with Crippen LogP contribution in [0.3, 0.4) is 0 Å². The van der Waals surface area contributed by atoms with Crippen LogP contribution in [-0.2, 0) is 4.79 Å². The summed E-state index contributed by atoms with van der Waals surface area (Å²) in [6.45, 7) is 1.53. The summed E-state index contributed by atoms with van der Waals surface area (Å²) in [5, 5.41) is 6.62. The molecule has 0 saturated carbocycles. The van der Waals surface area contributed by atoms with E-state index in [-0.39, 0.29) is 17.5 Å². The first-order chi connectivity index (χ1) is 15.0. The number of hydrogen-bond acceptors (Lipinski definition) is 5. The molecule has 8 heteroatoms. The van der Waals surface area contributed by atoms with Crippen LogP contribution in [0.5, 0.6) is 5.75 Å². The topological polar surface area (TPSA) is 77.2 Å². The number of benzene rings is 3. The largest absolute Gasteiger partial charge is 0.478 e. The quantitative estimate of drug-likeness (QED) is 0.469. The van der Waals surface area contributed by atoms with E-state index in [0.29, 0.717) is 22.6 Å². The van der Waals surface area contributed by atoms with Crippen molar-refractivity contribution < 1.29 is 22.8 Å². The third-order valence-corrected chi connectivity index (χ3v) is 4.44. The monoisotopic (exact) mass is 421 g/mol. The number of carbonyl (C=O) groups excluding carboxylic acids is 1. The summed E-state index contributed by atoms with van der Waals surface area (Å²) in [5.74, 6) is -0.675. The van der Waals surface area contributed by atoms with Crippen LogP contribution in [0, 0.1) is 11.6 Å². The first-order valence-electron chi connectivity index (χ1n) is 9.42. The average molecular weight is 421 g/mol. The zero-order chi connectivity index (χ0) is 21.8. The first kappa shape index (κ1) is 20.2. The molecule has 1 N–H and O–H groups in total. The number of halogens is 2. The highest BCUT2D eigenvalue weighted by Gasteiger charge is 2.17. The Morgan fingerprint density at radius 2 is 1.65 bits per heavy atom. The molecule has 0 fully saturated rings. The van der Waals surface area contributed by atoms with Gasteiger partial charge in [0.05, 0.1) is 0 Å². The van der Waals surface area contributed by atoms with Crippen LogP contribution in [0.1, 0.15) is 6.92 Å². The summed E-state index contributed by atoms with van der Waals surface area (Å²) in [5.41, 5.74) is 1.80. The highest BCUT2D eigenvalue weighted by Crippen LogP contribution is 2.24. The van der Waals surface area contributed by atoms with Gasteiger partial charge in [-0.05, 0) is 67.6 Å². The van der Waals surface area contributed by atoms with Crippen molar-refractivity contribution in [2.75, 3.05) is 5.32 Å². The maximum absolute atomic E-state index is 13.7. The van der Waals surface area contributed by atoms with Crippen molar-refractivity contribution in [2.45, 2.75) is 13.0 Å². The molecule has 0 unspecified atom stereocenters.